The number of nitrogens with zero attached hydrogens (tertiary/aromatic N) is 1. The molecule has 0 aliphatic carbocycles. The van der Waals surface area contributed by atoms with Gasteiger partial charge in [0, 0.05) is 13.6 Å². The predicted octanol–water partition coefficient (Wildman–Crippen LogP) is 2.78. The van der Waals surface area contributed by atoms with Crippen molar-refractivity contribution in [1.82, 2.24) is 10.2 Å². The van der Waals surface area contributed by atoms with E-state index in [1.54, 1.807) is 44.9 Å². The summed E-state index contributed by atoms with van der Waals surface area (Å²) < 4.78 is 21.3. The van der Waals surface area contributed by atoms with Gasteiger partial charge in [-0.25, -0.2) is 4.79 Å². The molecule has 2 aromatic rings. The lowest BCUT2D eigenvalue weighted by Crippen LogP contribution is -2.48. The number of nitrogens with one attached hydrogen (secondary N) is 1. The molecule has 9 heteroatoms. The van der Waals surface area contributed by atoms with Gasteiger partial charge in [-0.05, 0) is 50.5 Å². The standard InChI is InChI=1S/C27H36N2O7/c1-27(2,3)36-26(32)21(30)16-28-20(13-18-11-9-8-10-12-18)25(31)29(4)17-19-14-22(33-5)24(35-7)23(15-19)34-6/h8-12,14-15,20,28H,13,16-17H2,1-7H3/t20-/m0/s1. The molecule has 0 aromatic heterocycles. The SMILES string of the molecule is COc1cc(CN(C)C(=O)[C@H](Cc2ccccc2)NCC(=O)C(=O)OC(C)(C)C)cc(OC)c1OC. The van der Waals surface area contributed by atoms with E-state index in [0.29, 0.717) is 23.7 Å². The lowest BCUT2D eigenvalue weighted by Gasteiger charge is -2.25. The molecule has 0 aliphatic rings. The maximum Gasteiger partial charge on any atom is 0.376 e. The Balaban J connectivity index is 2.20. The normalized spacial score (nSPS) is 11.9. The number of Topliss-reactive ketones (excluding diaryl/α,β-unsaturated/α-hetero) is 1. The van der Waals surface area contributed by atoms with E-state index in [1.165, 1.54) is 21.3 Å². The van der Waals surface area contributed by atoms with Gasteiger partial charge in [-0.2, -0.15) is 0 Å². The molecule has 36 heavy (non-hydrogen) atoms. The second-order valence-corrected chi connectivity index (χ2v) is 9.28. The van der Waals surface area contributed by atoms with Gasteiger partial charge in [-0.1, -0.05) is 30.3 Å². The number of carbonyl (C=O) groups is 3. The number of likely N-dealkylation sites (N-methyl/N-ethyl adjacent to an activating group) is 1. The monoisotopic (exact) mass is 500 g/mol. The van der Waals surface area contributed by atoms with Crippen LogP contribution in [0.15, 0.2) is 42.5 Å². The molecule has 0 bridgehead atoms. The molecule has 0 unspecified atom stereocenters. The van der Waals surface area contributed by atoms with Crippen LogP contribution in [0, 0.1) is 0 Å². The zero-order valence-corrected chi connectivity index (χ0v) is 22.0. The first-order valence-electron chi connectivity index (χ1n) is 11.6. The molecule has 0 fully saturated rings. The number of ketones is 1. The molecule has 0 radical (unpaired) electrons. The molecular weight excluding hydrogens is 464 g/mol. The third-order valence-electron chi connectivity index (χ3n) is 5.24. The number of hydrogen-bond donors (Lipinski definition) is 1. The Labute approximate surface area is 212 Å². The fourth-order valence-electron chi connectivity index (χ4n) is 3.56. The van der Waals surface area contributed by atoms with Gasteiger partial charge in [0.15, 0.2) is 11.5 Å². The number of hydrogen-bond acceptors (Lipinski definition) is 8. The minimum absolute atomic E-state index is 0.246. The average Bonchev–Trinajstić information content (AvgIpc) is 2.84. The molecule has 0 saturated carbocycles. The van der Waals surface area contributed by atoms with Crippen molar-refractivity contribution in [3.63, 3.8) is 0 Å². The molecule has 2 rings (SSSR count). The van der Waals surface area contributed by atoms with Crippen molar-refractivity contribution in [1.29, 1.82) is 0 Å². The summed E-state index contributed by atoms with van der Waals surface area (Å²) in [6.07, 6.45) is 0.334. The van der Waals surface area contributed by atoms with E-state index in [4.69, 9.17) is 18.9 Å². The van der Waals surface area contributed by atoms with Gasteiger partial charge >= 0.3 is 5.97 Å². The minimum Gasteiger partial charge on any atom is -0.493 e. The minimum atomic E-state index is -0.938. The van der Waals surface area contributed by atoms with E-state index in [-0.39, 0.29) is 19.0 Å². The van der Waals surface area contributed by atoms with Crippen LogP contribution < -0.4 is 19.5 Å². The molecule has 0 saturated heterocycles. The second kappa shape index (κ2) is 12.9. The van der Waals surface area contributed by atoms with Gasteiger partial charge in [0.05, 0.1) is 33.9 Å². The molecule has 1 atom stereocenters. The smallest absolute Gasteiger partial charge is 0.376 e. The van der Waals surface area contributed by atoms with Crippen LogP contribution in [0.5, 0.6) is 17.2 Å². The number of amides is 1. The van der Waals surface area contributed by atoms with E-state index in [2.05, 4.69) is 5.32 Å². The fraction of sp³-hybridized carbons (Fsp3) is 0.444. The Hall–Kier alpha value is -3.59. The van der Waals surface area contributed by atoms with Crippen molar-refractivity contribution in [3.8, 4) is 17.2 Å². The number of carbonyl (C=O) groups excluding carboxylic acids is 3. The zero-order valence-electron chi connectivity index (χ0n) is 22.0. The Kier molecular flexibility index (Phi) is 10.3. The lowest BCUT2D eigenvalue weighted by molar-refractivity contribution is -0.162. The molecule has 1 N–H and O–H groups in total. The first-order valence-corrected chi connectivity index (χ1v) is 11.6. The van der Waals surface area contributed by atoms with Gasteiger partial charge in [0.25, 0.3) is 5.78 Å². The van der Waals surface area contributed by atoms with Crippen LogP contribution in [-0.4, -0.2) is 69.1 Å². The fourth-order valence-corrected chi connectivity index (χ4v) is 3.56. The van der Waals surface area contributed by atoms with Gasteiger partial charge in [0.1, 0.15) is 5.60 Å². The van der Waals surface area contributed by atoms with Crippen LogP contribution in [-0.2, 0) is 32.1 Å². The van der Waals surface area contributed by atoms with E-state index in [9.17, 15) is 14.4 Å². The number of ether oxygens (including phenoxy) is 4. The molecule has 0 spiro atoms. The van der Waals surface area contributed by atoms with Crippen molar-refractivity contribution in [2.75, 3.05) is 34.9 Å². The summed E-state index contributed by atoms with van der Waals surface area (Å²) in [6, 6.07) is 12.2. The van der Waals surface area contributed by atoms with Crippen LogP contribution in [0.2, 0.25) is 0 Å². The number of rotatable bonds is 12. The van der Waals surface area contributed by atoms with Crippen molar-refractivity contribution >= 4 is 17.7 Å². The van der Waals surface area contributed by atoms with Crippen molar-refractivity contribution in [2.45, 2.75) is 45.4 Å². The number of methoxy groups -OCH3 is 3. The van der Waals surface area contributed by atoms with E-state index in [0.717, 1.165) is 11.1 Å². The highest BCUT2D eigenvalue weighted by Gasteiger charge is 2.27. The first-order chi connectivity index (χ1) is 17.0. The maximum atomic E-state index is 13.4. The molecule has 0 heterocycles. The largest absolute Gasteiger partial charge is 0.493 e. The first kappa shape index (κ1) is 28.6. The molecule has 0 aliphatic heterocycles. The Morgan fingerprint density at radius 1 is 0.917 bits per heavy atom. The van der Waals surface area contributed by atoms with Crippen LogP contribution >= 0.6 is 0 Å². The Bertz CT molecular complexity index is 1020. The summed E-state index contributed by atoms with van der Waals surface area (Å²) >= 11 is 0. The molecule has 196 valence electrons. The third-order valence-corrected chi connectivity index (χ3v) is 5.24. The van der Waals surface area contributed by atoms with E-state index in [1.807, 2.05) is 30.3 Å². The van der Waals surface area contributed by atoms with Crippen molar-refractivity contribution < 1.29 is 33.3 Å². The van der Waals surface area contributed by atoms with Crippen LogP contribution in [0.4, 0.5) is 0 Å². The zero-order chi connectivity index (χ0) is 26.9. The van der Waals surface area contributed by atoms with Gasteiger partial charge in [-0.15, -0.1) is 0 Å². The van der Waals surface area contributed by atoms with Crippen LogP contribution in [0.1, 0.15) is 31.9 Å². The lowest BCUT2D eigenvalue weighted by atomic mass is 10.0. The van der Waals surface area contributed by atoms with Crippen LogP contribution in [0.3, 0.4) is 0 Å². The maximum absolute atomic E-state index is 13.4. The van der Waals surface area contributed by atoms with Gasteiger partial charge in [-0.3, -0.25) is 14.9 Å². The predicted molar refractivity (Wildman–Crippen MR) is 135 cm³/mol. The highest BCUT2D eigenvalue weighted by atomic mass is 16.6. The quantitative estimate of drug-likeness (QED) is 0.351. The second-order valence-electron chi connectivity index (χ2n) is 9.28. The molecule has 9 nitrogen and oxygen atoms in total. The number of esters is 1. The summed E-state index contributed by atoms with van der Waals surface area (Å²) in [5.41, 5.74) is 0.894. The summed E-state index contributed by atoms with van der Waals surface area (Å²) in [6.45, 7) is 4.99. The number of benzene rings is 2. The summed E-state index contributed by atoms with van der Waals surface area (Å²) in [5, 5.41) is 2.95. The van der Waals surface area contributed by atoms with Gasteiger partial charge in [0.2, 0.25) is 11.7 Å². The molecular formula is C27H36N2O7. The van der Waals surface area contributed by atoms with Gasteiger partial charge < -0.3 is 23.8 Å². The third kappa shape index (κ3) is 8.27. The van der Waals surface area contributed by atoms with E-state index >= 15 is 0 Å². The Morgan fingerprint density at radius 3 is 2.00 bits per heavy atom. The highest BCUT2D eigenvalue weighted by Crippen LogP contribution is 2.38. The van der Waals surface area contributed by atoms with E-state index < -0.39 is 23.4 Å². The summed E-state index contributed by atoms with van der Waals surface area (Å²) in [5.74, 6) is -0.509. The van der Waals surface area contributed by atoms with Crippen LogP contribution in [0.25, 0.3) is 0 Å². The van der Waals surface area contributed by atoms with Crippen molar-refractivity contribution in [2.24, 2.45) is 0 Å². The molecule has 2 aromatic carbocycles. The topological polar surface area (TPSA) is 103 Å². The summed E-state index contributed by atoms with van der Waals surface area (Å²) in [4.78, 5) is 39.5. The average molecular weight is 501 g/mol. The highest BCUT2D eigenvalue weighted by molar-refractivity contribution is 6.34. The van der Waals surface area contributed by atoms with Crippen molar-refractivity contribution in [3.05, 3.63) is 53.6 Å². The molecule has 1 amide bonds. The summed E-state index contributed by atoms with van der Waals surface area (Å²) in [7, 11) is 6.24. The Morgan fingerprint density at radius 2 is 1.50 bits per heavy atom.